The van der Waals surface area contributed by atoms with E-state index >= 15 is 0 Å². The van der Waals surface area contributed by atoms with Gasteiger partial charge in [-0.3, -0.25) is 4.90 Å². The minimum atomic E-state index is -0.521. The fraction of sp³-hybridized carbons (Fsp3) is 0.619. The quantitative estimate of drug-likeness (QED) is 0.890. The summed E-state index contributed by atoms with van der Waals surface area (Å²) in [6.07, 6.45) is 7.18. The number of rotatable bonds is 5. The first kappa shape index (κ1) is 18.4. The number of likely N-dealkylation sites (tertiary alicyclic amines) is 1. The van der Waals surface area contributed by atoms with Gasteiger partial charge in [-0.1, -0.05) is 37.3 Å². The summed E-state index contributed by atoms with van der Waals surface area (Å²) in [6.45, 7) is 6.60. The summed E-state index contributed by atoms with van der Waals surface area (Å²) in [6, 6.07) is 8.06. The van der Waals surface area contributed by atoms with Gasteiger partial charge in [0.25, 0.3) is 0 Å². The Bertz CT molecular complexity index is 582. The van der Waals surface area contributed by atoms with E-state index in [4.69, 9.17) is 9.47 Å². The summed E-state index contributed by atoms with van der Waals surface area (Å²) in [7, 11) is 1.70. The smallest absolute Gasteiger partial charge is 0.126 e. The molecule has 3 rings (SSSR count). The van der Waals surface area contributed by atoms with Crippen molar-refractivity contribution in [1.82, 2.24) is 4.90 Å². The number of methoxy groups -OCH3 is 1. The van der Waals surface area contributed by atoms with Gasteiger partial charge in [-0.25, -0.2) is 0 Å². The predicted octanol–water partition coefficient (Wildman–Crippen LogP) is 3.21. The number of nitrogens with zero attached hydrogens (tertiary/aromatic N) is 1. The second-order valence-corrected chi connectivity index (χ2v) is 7.43. The normalized spacial score (nSPS) is 29.2. The Morgan fingerprint density at radius 2 is 2.08 bits per heavy atom. The number of benzene rings is 1. The highest BCUT2D eigenvalue weighted by molar-refractivity contribution is 5.57. The molecule has 2 fully saturated rings. The van der Waals surface area contributed by atoms with Crippen molar-refractivity contribution in [2.24, 2.45) is 11.8 Å². The standard InChI is InChI=1S/C21H31NO3/c1-17-16-22(12-5-7-18-6-3-4-8-20(18)24-2)13-11-21(17,23)19-9-14-25-15-10-19/h3-8,17,19,23H,9-16H2,1-2H3/b7-5+/t17-,21+/m1/s1. The number of hydrogen-bond donors (Lipinski definition) is 1. The van der Waals surface area contributed by atoms with Crippen molar-refractivity contribution in [2.45, 2.75) is 31.8 Å². The summed E-state index contributed by atoms with van der Waals surface area (Å²) < 4.78 is 10.9. The molecule has 0 spiro atoms. The first-order valence-corrected chi connectivity index (χ1v) is 9.45. The fourth-order valence-corrected chi connectivity index (χ4v) is 4.32. The van der Waals surface area contributed by atoms with Crippen molar-refractivity contribution in [3.05, 3.63) is 35.9 Å². The van der Waals surface area contributed by atoms with Gasteiger partial charge >= 0.3 is 0 Å². The molecule has 2 atom stereocenters. The lowest BCUT2D eigenvalue weighted by molar-refractivity contribution is -0.129. The molecule has 0 amide bonds. The summed E-state index contributed by atoms with van der Waals surface area (Å²) in [5, 5.41) is 11.2. The highest BCUT2D eigenvalue weighted by atomic mass is 16.5. The Labute approximate surface area is 151 Å². The van der Waals surface area contributed by atoms with Crippen LogP contribution in [0.15, 0.2) is 30.3 Å². The van der Waals surface area contributed by atoms with E-state index in [1.807, 2.05) is 18.2 Å². The number of para-hydroxylation sites is 1. The maximum atomic E-state index is 11.2. The van der Waals surface area contributed by atoms with Crippen molar-refractivity contribution >= 4 is 6.08 Å². The molecule has 1 N–H and O–H groups in total. The minimum absolute atomic E-state index is 0.295. The van der Waals surface area contributed by atoms with Gasteiger partial charge in [0.05, 0.1) is 12.7 Å². The molecule has 0 aliphatic carbocycles. The molecule has 2 aliphatic heterocycles. The summed E-state index contributed by atoms with van der Waals surface area (Å²) >= 11 is 0. The largest absolute Gasteiger partial charge is 0.496 e. The molecule has 1 aromatic carbocycles. The van der Waals surface area contributed by atoms with E-state index < -0.39 is 5.60 Å². The Morgan fingerprint density at radius 1 is 1.32 bits per heavy atom. The number of piperidine rings is 1. The Balaban J connectivity index is 1.55. The summed E-state index contributed by atoms with van der Waals surface area (Å²) in [5.74, 6) is 1.59. The molecule has 1 aromatic rings. The Morgan fingerprint density at radius 3 is 2.80 bits per heavy atom. The molecule has 2 heterocycles. The van der Waals surface area contributed by atoms with Crippen LogP contribution in [-0.2, 0) is 4.74 Å². The molecular weight excluding hydrogens is 314 g/mol. The van der Waals surface area contributed by atoms with Gasteiger partial charge in [0.1, 0.15) is 5.75 Å². The van der Waals surface area contributed by atoms with Gasteiger partial charge < -0.3 is 14.6 Å². The van der Waals surface area contributed by atoms with E-state index in [0.29, 0.717) is 11.8 Å². The van der Waals surface area contributed by atoms with E-state index in [0.717, 1.165) is 63.4 Å². The van der Waals surface area contributed by atoms with Gasteiger partial charge in [0.15, 0.2) is 0 Å². The molecule has 0 radical (unpaired) electrons. The highest BCUT2D eigenvalue weighted by Gasteiger charge is 2.44. The highest BCUT2D eigenvalue weighted by Crippen LogP contribution is 2.39. The lowest BCUT2D eigenvalue weighted by atomic mass is 9.70. The molecule has 138 valence electrons. The van der Waals surface area contributed by atoms with Gasteiger partial charge in [-0.05, 0) is 37.2 Å². The van der Waals surface area contributed by atoms with Gasteiger partial charge in [-0.15, -0.1) is 0 Å². The van der Waals surface area contributed by atoms with Crippen LogP contribution in [0.3, 0.4) is 0 Å². The second kappa shape index (κ2) is 8.35. The first-order valence-electron chi connectivity index (χ1n) is 9.45. The second-order valence-electron chi connectivity index (χ2n) is 7.43. The molecule has 2 aliphatic rings. The van der Waals surface area contributed by atoms with Crippen LogP contribution in [-0.4, -0.2) is 55.6 Å². The summed E-state index contributed by atoms with van der Waals surface area (Å²) in [4.78, 5) is 2.43. The first-order chi connectivity index (χ1) is 12.1. The van der Waals surface area contributed by atoms with Crippen molar-refractivity contribution in [3.8, 4) is 5.75 Å². The maximum absolute atomic E-state index is 11.2. The zero-order chi connectivity index (χ0) is 17.7. The van der Waals surface area contributed by atoms with E-state index in [9.17, 15) is 5.11 Å². The van der Waals surface area contributed by atoms with Crippen LogP contribution in [0.1, 0.15) is 31.7 Å². The predicted molar refractivity (Wildman–Crippen MR) is 101 cm³/mol. The van der Waals surface area contributed by atoms with Crippen molar-refractivity contribution in [1.29, 1.82) is 0 Å². The maximum Gasteiger partial charge on any atom is 0.126 e. The van der Waals surface area contributed by atoms with Gasteiger partial charge in [0.2, 0.25) is 0 Å². The third-order valence-electron chi connectivity index (χ3n) is 5.94. The van der Waals surface area contributed by atoms with Crippen LogP contribution in [0.5, 0.6) is 5.75 Å². The lowest BCUT2D eigenvalue weighted by Gasteiger charge is -2.48. The zero-order valence-corrected chi connectivity index (χ0v) is 15.5. The molecular formula is C21H31NO3. The number of hydrogen-bond acceptors (Lipinski definition) is 4. The van der Waals surface area contributed by atoms with E-state index in [-0.39, 0.29) is 0 Å². The number of aliphatic hydroxyl groups is 1. The molecule has 2 saturated heterocycles. The monoisotopic (exact) mass is 345 g/mol. The van der Waals surface area contributed by atoms with Crippen LogP contribution >= 0.6 is 0 Å². The fourth-order valence-electron chi connectivity index (χ4n) is 4.32. The van der Waals surface area contributed by atoms with E-state index in [2.05, 4.69) is 30.0 Å². The molecule has 25 heavy (non-hydrogen) atoms. The molecule has 4 heteroatoms. The van der Waals surface area contributed by atoms with Crippen molar-refractivity contribution < 1.29 is 14.6 Å². The van der Waals surface area contributed by atoms with E-state index in [1.165, 1.54) is 0 Å². The van der Waals surface area contributed by atoms with Crippen LogP contribution in [0.25, 0.3) is 6.08 Å². The Kier molecular flexibility index (Phi) is 6.15. The molecule has 0 saturated carbocycles. The van der Waals surface area contributed by atoms with Crippen molar-refractivity contribution in [2.75, 3.05) is 40.0 Å². The van der Waals surface area contributed by atoms with E-state index in [1.54, 1.807) is 7.11 Å². The third kappa shape index (κ3) is 4.25. The third-order valence-corrected chi connectivity index (χ3v) is 5.94. The lowest BCUT2D eigenvalue weighted by Crippen LogP contribution is -2.55. The van der Waals surface area contributed by atoms with Gasteiger partial charge in [0, 0.05) is 38.4 Å². The minimum Gasteiger partial charge on any atom is -0.496 e. The van der Waals surface area contributed by atoms with Crippen molar-refractivity contribution in [3.63, 3.8) is 0 Å². The van der Waals surface area contributed by atoms with Crippen LogP contribution in [0.2, 0.25) is 0 Å². The SMILES string of the molecule is COc1ccccc1/C=C/CN1CC[C@@](O)(C2CCOCC2)[C@H](C)C1. The van der Waals surface area contributed by atoms with Gasteiger partial charge in [-0.2, -0.15) is 0 Å². The number of ether oxygens (including phenoxy) is 2. The average molecular weight is 345 g/mol. The van der Waals surface area contributed by atoms with Crippen LogP contribution < -0.4 is 4.74 Å². The molecule has 0 unspecified atom stereocenters. The summed E-state index contributed by atoms with van der Waals surface area (Å²) in [5.41, 5.74) is 0.584. The average Bonchev–Trinajstić information content (AvgIpc) is 2.66. The van der Waals surface area contributed by atoms with Crippen LogP contribution in [0.4, 0.5) is 0 Å². The Hall–Kier alpha value is -1.36. The zero-order valence-electron chi connectivity index (χ0n) is 15.5. The molecule has 0 bridgehead atoms. The molecule has 0 aromatic heterocycles. The topological polar surface area (TPSA) is 41.9 Å². The molecule has 4 nitrogen and oxygen atoms in total. The van der Waals surface area contributed by atoms with Crippen LogP contribution in [0, 0.1) is 11.8 Å².